The predicted octanol–water partition coefficient (Wildman–Crippen LogP) is 7.66. The van der Waals surface area contributed by atoms with E-state index in [1.165, 1.54) is 9.38 Å². The molecule has 0 atom stereocenters. The Balaban J connectivity index is 0.000000537. The summed E-state index contributed by atoms with van der Waals surface area (Å²) in [4.78, 5) is 0. The van der Waals surface area contributed by atoms with Crippen molar-refractivity contribution in [3.05, 3.63) is 72.6 Å². The van der Waals surface area contributed by atoms with Gasteiger partial charge >= 0.3 is 37.6 Å². The SMILES string of the molecule is C=CC(=COc1cccc(OC)c1)C(C)(C)C.CC(C)(C)C1=CC[C-]=C1.C[C](C)=[Ti+]. The van der Waals surface area contributed by atoms with E-state index in [9.17, 15) is 0 Å². The normalized spacial score (nSPS) is 13.3. The van der Waals surface area contributed by atoms with Crippen LogP contribution in [0, 0.1) is 16.9 Å². The van der Waals surface area contributed by atoms with E-state index in [1.807, 2.05) is 30.3 Å². The van der Waals surface area contributed by atoms with Gasteiger partial charge in [0.2, 0.25) is 0 Å². The van der Waals surface area contributed by atoms with Gasteiger partial charge in [0, 0.05) is 6.07 Å². The maximum atomic E-state index is 5.61. The monoisotopic (exact) mass is 443 g/mol. The van der Waals surface area contributed by atoms with E-state index in [2.05, 4.69) is 100 Å². The molecule has 0 heterocycles. The Hall–Kier alpha value is -1.64. The van der Waals surface area contributed by atoms with Crippen LogP contribution < -0.4 is 9.47 Å². The summed E-state index contributed by atoms with van der Waals surface area (Å²) in [6, 6.07) is 7.52. The molecule has 0 amide bonds. The van der Waals surface area contributed by atoms with Crippen LogP contribution in [-0.2, 0) is 20.0 Å². The molecule has 0 saturated carbocycles. The van der Waals surface area contributed by atoms with Crippen molar-refractivity contribution in [2.45, 2.75) is 61.8 Å². The molecule has 1 aromatic carbocycles. The van der Waals surface area contributed by atoms with Crippen molar-refractivity contribution in [2.24, 2.45) is 10.8 Å². The quantitative estimate of drug-likeness (QED) is 0.206. The first kappa shape index (κ1) is 28.4. The number of benzene rings is 1. The van der Waals surface area contributed by atoms with E-state index in [0.29, 0.717) is 5.41 Å². The molecule has 0 N–H and O–H groups in total. The minimum absolute atomic E-state index is 0.0284. The molecule has 0 radical (unpaired) electrons. The van der Waals surface area contributed by atoms with Gasteiger partial charge in [0.15, 0.2) is 0 Å². The Morgan fingerprint density at radius 1 is 1.10 bits per heavy atom. The first-order valence-corrected chi connectivity index (χ1v) is 11.0. The van der Waals surface area contributed by atoms with Gasteiger partial charge in [-0.15, -0.1) is 6.42 Å². The van der Waals surface area contributed by atoms with Crippen LogP contribution in [0.25, 0.3) is 0 Å². The zero-order chi connectivity index (χ0) is 23.4. The van der Waals surface area contributed by atoms with E-state index in [1.54, 1.807) is 13.4 Å². The molecule has 0 bridgehead atoms. The van der Waals surface area contributed by atoms with Crippen LogP contribution in [0.1, 0.15) is 61.8 Å². The Bertz CT molecular complexity index is 765. The van der Waals surface area contributed by atoms with Gasteiger partial charge in [-0.2, -0.15) is 11.6 Å². The molecular weight excluding hydrogens is 404 g/mol. The van der Waals surface area contributed by atoms with E-state index in [0.717, 1.165) is 23.5 Å². The summed E-state index contributed by atoms with van der Waals surface area (Å²) in [7, 11) is 1.64. The van der Waals surface area contributed by atoms with Gasteiger partial charge in [-0.1, -0.05) is 65.7 Å². The second-order valence-corrected chi connectivity index (χ2v) is 10.8. The van der Waals surface area contributed by atoms with Crippen molar-refractivity contribution in [1.29, 1.82) is 0 Å². The molecule has 0 saturated heterocycles. The van der Waals surface area contributed by atoms with E-state index in [4.69, 9.17) is 9.47 Å². The third kappa shape index (κ3) is 12.8. The number of allylic oxidation sites excluding steroid dienone is 6. The summed E-state index contributed by atoms with van der Waals surface area (Å²) in [6.07, 6.45) is 12.1. The van der Waals surface area contributed by atoms with Gasteiger partial charge in [-0.3, -0.25) is 6.08 Å². The van der Waals surface area contributed by atoms with Gasteiger partial charge in [0.05, 0.1) is 13.4 Å². The molecular formula is C27H39O2Ti. The summed E-state index contributed by atoms with van der Waals surface area (Å²) in [6.45, 7) is 21.0. The zero-order valence-electron chi connectivity index (χ0n) is 20.3. The van der Waals surface area contributed by atoms with Crippen molar-refractivity contribution in [1.82, 2.24) is 0 Å². The van der Waals surface area contributed by atoms with E-state index >= 15 is 0 Å². The fourth-order valence-electron chi connectivity index (χ4n) is 2.26. The molecule has 0 fully saturated rings. The molecule has 1 aliphatic carbocycles. The molecule has 0 unspecified atom stereocenters. The maximum absolute atomic E-state index is 5.61. The predicted molar refractivity (Wildman–Crippen MR) is 128 cm³/mol. The van der Waals surface area contributed by atoms with Gasteiger partial charge in [-0.05, 0) is 23.1 Å². The zero-order valence-corrected chi connectivity index (χ0v) is 21.9. The summed E-state index contributed by atoms with van der Waals surface area (Å²) in [5.41, 5.74) is 2.83. The van der Waals surface area contributed by atoms with Crippen molar-refractivity contribution in [3.8, 4) is 11.5 Å². The van der Waals surface area contributed by atoms with Crippen LogP contribution in [0.5, 0.6) is 11.5 Å². The average molecular weight is 443 g/mol. The van der Waals surface area contributed by atoms with Crippen molar-refractivity contribution < 1.29 is 29.4 Å². The fraction of sp³-hybridized carbons (Fsp3) is 0.444. The van der Waals surface area contributed by atoms with E-state index < -0.39 is 0 Å². The average Bonchev–Trinajstić information content (AvgIpc) is 3.16. The van der Waals surface area contributed by atoms with Gasteiger partial charge in [0.25, 0.3) is 0 Å². The van der Waals surface area contributed by atoms with Crippen LogP contribution in [0.3, 0.4) is 0 Å². The molecule has 0 spiro atoms. The second-order valence-electron chi connectivity index (χ2n) is 9.29. The number of hydrogen-bond donors (Lipinski definition) is 0. The number of rotatable bonds is 4. The topological polar surface area (TPSA) is 18.5 Å². The summed E-state index contributed by atoms with van der Waals surface area (Å²) in [5.74, 6) is 1.54. The Morgan fingerprint density at radius 3 is 2.03 bits per heavy atom. The first-order chi connectivity index (χ1) is 13.8. The summed E-state index contributed by atoms with van der Waals surface area (Å²) < 4.78 is 12.2. The van der Waals surface area contributed by atoms with Crippen LogP contribution in [0.15, 0.2) is 66.5 Å². The molecule has 0 aromatic heterocycles. The van der Waals surface area contributed by atoms with Gasteiger partial charge in [-0.25, -0.2) is 6.08 Å². The molecule has 30 heavy (non-hydrogen) atoms. The second kappa shape index (κ2) is 13.6. The molecule has 2 nitrogen and oxygen atoms in total. The first-order valence-electron chi connectivity index (χ1n) is 10.2. The molecule has 0 aliphatic heterocycles. The molecule has 163 valence electrons. The molecule has 1 aromatic rings. The van der Waals surface area contributed by atoms with Crippen LogP contribution in [-0.4, -0.2) is 10.9 Å². The third-order valence-corrected chi connectivity index (χ3v) is 4.01. The van der Waals surface area contributed by atoms with Gasteiger partial charge < -0.3 is 9.47 Å². The van der Waals surface area contributed by atoms with Crippen LogP contribution >= 0.6 is 0 Å². The molecule has 3 heteroatoms. The van der Waals surface area contributed by atoms with Crippen LogP contribution in [0.4, 0.5) is 0 Å². The fourth-order valence-corrected chi connectivity index (χ4v) is 2.26. The van der Waals surface area contributed by atoms with Crippen LogP contribution in [0.2, 0.25) is 0 Å². The van der Waals surface area contributed by atoms with Crippen molar-refractivity contribution >= 4 is 3.81 Å². The van der Waals surface area contributed by atoms with Crippen molar-refractivity contribution in [3.63, 3.8) is 0 Å². The molecule has 1 aliphatic rings. The Morgan fingerprint density at radius 2 is 1.67 bits per heavy atom. The minimum atomic E-state index is 0.0284. The Kier molecular flexibility index (Phi) is 12.9. The summed E-state index contributed by atoms with van der Waals surface area (Å²) in [5, 5.41) is 0. The summed E-state index contributed by atoms with van der Waals surface area (Å²) >= 11 is 2.08. The number of methoxy groups -OCH3 is 1. The van der Waals surface area contributed by atoms with Gasteiger partial charge in [0.1, 0.15) is 11.5 Å². The van der Waals surface area contributed by atoms with E-state index in [-0.39, 0.29) is 5.41 Å². The number of ether oxygens (including phenoxy) is 2. The van der Waals surface area contributed by atoms with Crippen molar-refractivity contribution in [2.75, 3.05) is 7.11 Å². The number of hydrogen-bond acceptors (Lipinski definition) is 2. The third-order valence-electron chi connectivity index (χ3n) is 4.01. The standard InChI is InChI=1S/C15H20O2.C9H13.C3H6.Ti/c1-6-12(15(2,3)4)11-17-14-9-7-8-13(10-14)16-5;1-9(2,3)8-6-4-5-7-8;1-3-2;/h6-11H,1H2,2-5H3;6-7H,4H2,1-3H3;1-2H3;/q;-1;;+1. The molecule has 2 rings (SSSR count). The Labute approximate surface area is 196 Å².